The van der Waals surface area contributed by atoms with Crippen molar-refractivity contribution in [3.63, 3.8) is 0 Å². The number of hydrogen-bond donors (Lipinski definition) is 0. The summed E-state index contributed by atoms with van der Waals surface area (Å²) < 4.78 is 7.14. The van der Waals surface area contributed by atoms with Gasteiger partial charge in [-0.2, -0.15) is 0 Å². The van der Waals surface area contributed by atoms with E-state index in [9.17, 15) is 14.4 Å². The first-order valence-corrected chi connectivity index (χ1v) is 12.1. The van der Waals surface area contributed by atoms with Gasteiger partial charge in [0.2, 0.25) is 0 Å². The maximum Gasteiger partial charge on any atom is 0.338 e. The standard InChI is InChI=1S/C29H24ClN3O4/c1-37-16-15-32-27(34)24(28(35)33(29(32)36)22-10-3-2-4-11-22)17-21-19-31(26-14-8-6-12-23(21)26)18-20-9-5-7-13-25(20)30/h2-14,17,19H,15-16,18H2,1H3/b24-17-. The fourth-order valence-electron chi connectivity index (χ4n) is 4.45. The Morgan fingerprint density at radius 1 is 0.865 bits per heavy atom. The number of carbonyl (C=O) groups excluding carboxylic acids is 3. The summed E-state index contributed by atoms with van der Waals surface area (Å²) in [6.45, 7) is 0.689. The highest BCUT2D eigenvalue weighted by molar-refractivity contribution is 6.39. The lowest BCUT2D eigenvalue weighted by Crippen LogP contribution is -2.57. The molecule has 1 aliphatic heterocycles. The molecular formula is C29H24ClN3O4. The Kier molecular flexibility index (Phi) is 6.90. The van der Waals surface area contributed by atoms with Gasteiger partial charge in [0, 0.05) is 41.3 Å². The number of rotatable bonds is 7. The van der Waals surface area contributed by atoms with E-state index in [0.29, 0.717) is 22.8 Å². The second-order valence-corrected chi connectivity index (χ2v) is 8.99. The van der Waals surface area contributed by atoms with Crippen LogP contribution in [-0.4, -0.2) is 47.6 Å². The maximum absolute atomic E-state index is 13.6. The van der Waals surface area contributed by atoms with Gasteiger partial charge >= 0.3 is 6.03 Å². The number of benzene rings is 3. The molecular weight excluding hydrogens is 490 g/mol. The van der Waals surface area contributed by atoms with E-state index < -0.39 is 17.8 Å². The summed E-state index contributed by atoms with van der Waals surface area (Å²) in [7, 11) is 1.49. The van der Waals surface area contributed by atoms with Gasteiger partial charge in [-0.05, 0) is 35.9 Å². The lowest BCUT2D eigenvalue weighted by atomic mass is 10.0. The summed E-state index contributed by atoms with van der Waals surface area (Å²) in [5.41, 5.74) is 2.85. The summed E-state index contributed by atoms with van der Waals surface area (Å²) in [6.07, 6.45) is 3.46. The monoisotopic (exact) mass is 513 g/mol. The molecule has 3 aromatic carbocycles. The predicted molar refractivity (Wildman–Crippen MR) is 143 cm³/mol. The second kappa shape index (κ2) is 10.4. The molecule has 0 aliphatic carbocycles. The predicted octanol–water partition coefficient (Wildman–Crippen LogP) is 5.37. The minimum Gasteiger partial charge on any atom is -0.383 e. The Morgan fingerprint density at radius 3 is 2.32 bits per heavy atom. The van der Waals surface area contributed by atoms with E-state index in [2.05, 4.69) is 0 Å². The Bertz CT molecular complexity index is 1530. The van der Waals surface area contributed by atoms with E-state index in [4.69, 9.17) is 16.3 Å². The molecule has 37 heavy (non-hydrogen) atoms. The molecule has 1 fully saturated rings. The van der Waals surface area contributed by atoms with Crippen molar-refractivity contribution < 1.29 is 19.1 Å². The number of halogens is 1. The summed E-state index contributed by atoms with van der Waals surface area (Å²) >= 11 is 6.40. The van der Waals surface area contributed by atoms with Crippen LogP contribution in [0.4, 0.5) is 10.5 Å². The Morgan fingerprint density at radius 2 is 1.57 bits per heavy atom. The number of aromatic nitrogens is 1. The number of imide groups is 2. The first-order chi connectivity index (χ1) is 18.0. The minimum atomic E-state index is -0.698. The van der Waals surface area contributed by atoms with Gasteiger partial charge in [-0.25, -0.2) is 9.69 Å². The molecule has 186 valence electrons. The van der Waals surface area contributed by atoms with Crippen molar-refractivity contribution >= 4 is 52.1 Å². The molecule has 2 heterocycles. The number of ether oxygens (including phenoxy) is 1. The van der Waals surface area contributed by atoms with Crippen LogP contribution < -0.4 is 4.90 Å². The highest BCUT2D eigenvalue weighted by Crippen LogP contribution is 2.30. The highest BCUT2D eigenvalue weighted by atomic mass is 35.5. The quantitative estimate of drug-likeness (QED) is 0.246. The lowest BCUT2D eigenvalue weighted by molar-refractivity contribution is -0.129. The van der Waals surface area contributed by atoms with Crippen molar-refractivity contribution in [1.82, 2.24) is 9.47 Å². The zero-order valence-electron chi connectivity index (χ0n) is 20.1. The van der Waals surface area contributed by atoms with Crippen molar-refractivity contribution in [3.05, 3.63) is 107 Å². The van der Waals surface area contributed by atoms with Crippen molar-refractivity contribution in [2.45, 2.75) is 6.54 Å². The van der Waals surface area contributed by atoms with Crippen LogP contribution in [-0.2, 0) is 20.9 Å². The first kappa shape index (κ1) is 24.5. The Labute approximate surface area is 219 Å². The molecule has 0 saturated carbocycles. The molecule has 5 rings (SSSR count). The zero-order chi connectivity index (χ0) is 25.9. The van der Waals surface area contributed by atoms with Gasteiger partial charge in [0.1, 0.15) is 5.57 Å². The normalized spacial score (nSPS) is 15.3. The molecule has 0 atom stereocenters. The minimum absolute atomic E-state index is 0.0242. The largest absolute Gasteiger partial charge is 0.383 e. The topological polar surface area (TPSA) is 71.8 Å². The van der Waals surface area contributed by atoms with E-state index >= 15 is 0 Å². The third-order valence-electron chi connectivity index (χ3n) is 6.28. The summed E-state index contributed by atoms with van der Waals surface area (Å²) in [4.78, 5) is 42.3. The fraction of sp³-hybridized carbons (Fsp3) is 0.138. The molecule has 0 radical (unpaired) electrons. The molecule has 0 N–H and O–H groups in total. The number of fused-ring (bicyclic) bond motifs is 1. The number of hydrogen-bond acceptors (Lipinski definition) is 4. The van der Waals surface area contributed by atoms with Gasteiger partial charge in [0.25, 0.3) is 11.8 Å². The summed E-state index contributed by atoms with van der Waals surface area (Å²) in [5, 5.41) is 1.53. The number of anilines is 1. The first-order valence-electron chi connectivity index (χ1n) is 11.8. The molecule has 1 aliphatic rings. The molecule has 7 nitrogen and oxygen atoms in total. The number of methoxy groups -OCH3 is 1. The van der Waals surface area contributed by atoms with Gasteiger partial charge in [0.05, 0.1) is 18.8 Å². The molecule has 1 aromatic heterocycles. The van der Waals surface area contributed by atoms with Crippen LogP contribution in [0.25, 0.3) is 17.0 Å². The third kappa shape index (κ3) is 4.67. The molecule has 4 aromatic rings. The molecule has 0 spiro atoms. The smallest absolute Gasteiger partial charge is 0.338 e. The fourth-order valence-corrected chi connectivity index (χ4v) is 4.64. The van der Waals surface area contributed by atoms with Crippen LogP contribution in [0.5, 0.6) is 0 Å². The van der Waals surface area contributed by atoms with Gasteiger partial charge in [-0.1, -0.05) is 66.2 Å². The number of para-hydroxylation sites is 2. The third-order valence-corrected chi connectivity index (χ3v) is 6.65. The van der Waals surface area contributed by atoms with E-state index in [1.54, 1.807) is 36.4 Å². The van der Waals surface area contributed by atoms with Crippen molar-refractivity contribution in [2.75, 3.05) is 25.2 Å². The van der Waals surface area contributed by atoms with E-state index in [-0.39, 0.29) is 18.7 Å². The summed E-state index contributed by atoms with van der Waals surface area (Å²) in [5.74, 6) is -1.32. The van der Waals surface area contributed by atoms with E-state index in [0.717, 1.165) is 26.3 Å². The van der Waals surface area contributed by atoms with Crippen molar-refractivity contribution in [3.8, 4) is 0 Å². The molecule has 8 heteroatoms. The van der Waals surface area contributed by atoms with Gasteiger partial charge in [0.15, 0.2) is 0 Å². The number of amides is 4. The van der Waals surface area contributed by atoms with Crippen LogP contribution in [0.2, 0.25) is 5.02 Å². The molecule has 4 amide bonds. The zero-order valence-corrected chi connectivity index (χ0v) is 20.9. The molecule has 1 saturated heterocycles. The maximum atomic E-state index is 13.6. The van der Waals surface area contributed by atoms with Crippen LogP contribution >= 0.6 is 11.6 Å². The molecule has 0 unspecified atom stereocenters. The average Bonchev–Trinajstić information content (AvgIpc) is 3.25. The average molecular weight is 514 g/mol. The highest BCUT2D eigenvalue weighted by Gasteiger charge is 2.42. The Hall–Kier alpha value is -4.20. The number of nitrogens with zero attached hydrogens (tertiary/aromatic N) is 3. The van der Waals surface area contributed by atoms with Crippen LogP contribution in [0.1, 0.15) is 11.1 Å². The van der Waals surface area contributed by atoms with Crippen molar-refractivity contribution in [1.29, 1.82) is 0 Å². The number of barbiturate groups is 1. The summed E-state index contributed by atoms with van der Waals surface area (Å²) in [6, 6.07) is 23.2. The van der Waals surface area contributed by atoms with Crippen molar-refractivity contribution in [2.24, 2.45) is 0 Å². The van der Waals surface area contributed by atoms with Gasteiger partial charge in [-0.3, -0.25) is 14.5 Å². The Balaban J connectivity index is 1.61. The number of urea groups is 1. The number of carbonyl (C=O) groups is 3. The van der Waals surface area contributed by atoms with Gasteiger partial charge < -0.3 is 9.30 Å². The molecule has 0 bridgehead atoms. The van der Waals surface area contributed by atoms with Crippen LogP contribution in [0.15, 0.2) is 90.6 Å². The lowest BCUT2D eigenvalue weighted by Gasteiger charge is -2.33. The van der Waals surface area contributed by atoms with Crippen LogP contribution in [0.3, 0.4) is 0 Å². The van der Waals surface area contributed by atoms with Gasteiger partial charge in [-0.15, -0.1) is 0 Å². The SMILES string of the molecule is COCCN1C(=O)/C(=C/c2cn(Cc3ccccc3Cl)c3ccccc23)C(=O)N(c2ccccc2)C1=O. The second-order valence-electron chi connectivity index (χ2n) is 8.59. The van der Waals surface area contributed by atoms with E-state index in [1.807, 2.05) is 59.3 Å². The van der Waals surface area contributed by atoms with Crippen LogP contribution in [0, 0.1) is 0 Å². The van der Waals surface area contributed by atoms with E-state index in [1.165, 1.54) is 7.11 Å².